The molecule has 2 aromatic carbocycles. The first-order valence-corrected chi connectivity index (χ1v) is 14.0. The van der Waals surface area contributed by atoms with Crippen molar-refractivity contribution in [3.63, 3.8) is 0 Å². The Morgan fingerprint density at radius 2 is 1.83 bits per heavy atom. The molecule has 9 heteroatoms. The van der Waals surface area contributed by atoms with E-state index in [0.717, 1.165) is 65.8 Å². The van der Waals surface area contributed by atoms with Crippen molar-refractivity contribution < 1.29 is 24.5 Å². The van der Waals surface area contributed by atoms with Gasteiger partial charge in [-0.1, -0.05) is 66.3 Å². The number of carbonyl (C=O) groups excluding carboxylic acids is 1. The van der Waals surface area contributed by atoms with Crippen LogP contribution >= 0.6 is 23.1 Å². The van der Waals surface area contributed by atoms with E-state index in [-0.39, 0.29) is 24.3 Å². The Kier molecular flexibility index (Phi) is 7.52. The highest BCUT2D eigenvalue weighted by Crippen LogP contribution is 2.46. The number of para-hydroxylation sites is 1. The lowest BCUT2D eigenvalue weighted by Crippen LogP contribution is -2.46. The molecule has 2 heterocycles. The largest absolute Gasteiger partial charge is 0.469 e. The summed E-state index contributed by atoms with van der Waals surface area (Å²) in [5.74, 6) is 0.923. The van der Waals surface area contributed by atoms with E-state index in [2.05, 4.69) is 0 Å². The Morgan fingerprint density at radius 1 is 1.08 bits per heavy atom. The predicted molar refractivity (Wildman–Crippen MR) is 143 cm³/mol. The molecule has 0 radical (unpaired) electrons. The molecule has 1 aromatic heterocycles. The Hall–Kier alpha value is -2.59. The zero-order valence-electron chi connectivity index (χ0n) is 20.1. The molecular weight excluding hydrogens is 496 g/mol. The monoisotopic (exact) mass is 526 g/mol. The number of carbonyl (C=O) groups is 1. The minimum Gasteiger partial charge on any atom is -0.469 e. The lowest BCUT2D eigenvalue weighted by Gasteiger charge is -2.36. The number of esters is 1. The van der Waals surface area contributed by atoms with Gasteiger partial charge in [-0.3, -0.25) is 4.79 Å². The Bertz CT molecular complexity index is 1180. The van der Waals surface area contributed by atoms with E-state index < -0.39 is 5.12 Å². The Balaban J connectivity index is 1.49. The molecule has 2 fully saturated rings. The average Bonchev–Trinajstić information content (AvgIpc) is 3.32. The van der Waals surface area contributed by atoms with E-state index in [1.165, 1.54) is 18.4 Å². The van der Waals surface area contributed by atoms with Crippen LogP contribution in [-0.4, -0.2) is 52.2 Å². The number of hydrogen-bond acceptors (Lipinski definition) is 9. The number of aromatic nitrogens is 1. The SMILES string of the molecule is COC(=O)[C@@H]1CCCC[C@H]1c1nc(Oc2ccccc2)sc1-c1ccc(N2CCSC(O)(O)C2)cc1. The quantitative estimate of drug-likeness (QED) is 0.333. The van der Waals surface area contributed by atoms with Gasteiger partial charge in [0, 0.05) is 23.9 Å². The maximum atomic E-state index is 12.6. The van der Waals surface area contributed by atoms with Gasteiger partial charge in [-0.25, -0.2) is 4.98 Å². The van der Waals surface area contributed by atoms with Gasteiger partial charge < -0.3 is 24.6 Å². The van der Waals surface area contributed by atoms with Gasteiger partial charge in [-0.15, -0.1) is 0 Å². The maximum Gasteiger partial charge on any atom is 0.309 e. The predicted octanol–water partition coefficient (Wildman–Crippen LogP) is 5.24. The molecule has 1 saturated carbocycles. The van der Waals surface area contributed by atoms with Crippen LogP contribution < -0.4 is 9.64 Å². The molecule has 0 bridgehead atoms. The lowest BCUT2D eigenvalue weighted by molar-refractivity contribution is -0.147. The van der Waals surface area contributed by atoms with Crippen LogP contribution in [0.1, 0.15) is 37.3 Å². The molecule has 1 saturated heterocycles. The molecule has 5 rings (SSSR count). The molecule has 0 unspecified atom stereocenters. The summed E-state index contributed by atoms with van der Waals surface area (Å²) in [5.41, 5.74) is 2.81. The van der Waals surface area contributed by atoms with Gasteiger partial charge in [0.05, 0.1) is 30.1 Å². The number of nitrogens with zero attached hydrogens (tertiary/aromatic N) is 2. The van der Waals surface area contributed by atoms with E-state index in [1.54, 1.807) is 0 Å². The number of aliphatic hydroxyl groups is 2. The Morgan fingerprint density at radius 3 is 2.56 bits per heavy atom. The number of ether oxygens (including phenoxy) is 2. The average molecular weight is 527 g/mol. The molecule has 1 aliphatic heterocycles. The highest BCUT2D eigenvalue weighted by atomic mass is 32.2. The molecule has 0 spiro atoms. The fourth-order valence-electron chi connectivity index (χ4n) is 5.03. The molecule has 190 valence electrons. The smallest absolute Gasteiger partial charge is 0.309 e. The van der Waals surface area contributed by atoms with Crippen molar-refractivity contribution in [2.45, 2.75) is 36.7 Å². The van der Waals surface area contributed by atoms with Gasteiger partial charge in [0.15, 0.2) is 0 Å². The highest BCUT2D eigenvalue weighted by molar-refractivity contribution is 8.00. The number of methoxy groups -OCH3 is 1. The number of benzene rings is 2. The highest BCUT2D eigenvalue weighted by Gasteiger charge is 2.37. The van der Waals surface area contributed by atoms with Crippen LogP contribution in [0, 0.1) is 5.92 Å². The fourth-order valence-corrected chi connectivity index (χ4v) is 6.93. The van der Waals surface area contributed by atoms with E-state index >= 15 is 0 Å². The Labute approximate surface area is 219 Å². The standard InChI is InChI=1S/C27H30N2O5S2/c1-33-25(30)22-10-6-5-9-21(22)23-24(36-26(28-23)34-20-7-3-2-4-8-20)18-11-13-19(14-12-18)29-15-16-35-27(31,32)17-29/h2-4,7-8,11-14,21-22,31-32H,5-6,9-10,15-17H2,1H3/t21-,22-/m1/s1. The molecule has 2 N–H and O–H groups in total. The zero-order valence-corrected chi connectivity index (χ0v) is 21.8. The fraction of sp³-hybridized carbons (Fsp3) is 0.407. The summed E-state index contributed by atoms with van der Waals surface area (Å²) in [7, 11) is 1.45. The van der Waals surface area contributed by atoms with E-state index in [9.17, 15) is 15.0 Å². The molecule has 36 heavy (non-hydrogen) atoms. The molecule has 1 aliphatic carbocycles. The van der Waals surface area contributed by atoms with E-state index in [4.69, 9.17) is 14.5 Å². The van der Waals surface area contributed by atoms with Gasteiger partial charge in [0.1, 0.15) is 5.75 Å². The summed E-state index contributed by atoms with van der Waals surface area (Å²) in [6.45, 7) is 0.900. The second-order valence-electron chi connectivity index (χ2n) is 9.19. The summed E-state index contributed by atoms with van der Waals surface area (Å²) in [6, 6.07) is 17.6. The number of thioether (sulfide) groups is 1. The van der Waals surface area contributed by atoms with Crippen LogP contribution in [-0.2, 0) is 9.53 Å². The first-order chi connectivity index (χ1) is 17.4. The molecule has 0 amide bonds. The second kappa shape index (κ2) is 10.8. The lowest BCUT2D eigenvalue weighted by atomic mass is 9.77. The van der Waals surface area contributed by atoms with Crippen molar-refractivity contribution >= 4 is 34.8 Å². The number of anilines is 1. The van der Waals surface area contributed by atoms with E-state index in [1.807, 2.05) is 59.5 Å². The summed E-state index contributed by atoms with van der Waals surface area (Å²) >= 11 is 2.64. The van der Waals surface area contributed by atoms with Gasteiger partial charge in [0.25, 0.3) is 5.19 Å². The summed E-state index contributed by atoms with van der Waals surface area (Å²) in [5, 5.41) is 18.9. The van der Waals surface area contributed by atoms with Crippen molar-refractivity contribution in [3.05, 3.63) is 60.3 Å². The van der Waals surface area contributed by atoms with Gasteiger partial charge in [0.2, 0.25) is 5.12 Å². The normalized spacial score (nSPS) is 21.7. The molecule has 7 nitrogen and oxygen atoms in total. The number of thiazole rings is 1. The van der Waals surface area contributed by atoms with Crippen LogP contribution in [0.15, 0.2) is 54.6 Å². The van der Waals surface area contributed by atoms with Crippen LogP contribution in [0.3, 0.4) is 0 Å². The minimum atomic E-state index is -1.74. The van der Waals surface area contributed by atoms with Crippen LogP contribution in [0.5, 0.6) is 10.9 Å². The third-order valence-corrected chi connectivity index (χ3v) is 8.77. The van der Waals surface area contributed by atoms with Crippen molar-refractivity contribution in [3.8, 4) is 21.4 Å². The molecular formula is C27H30N2O5S2. The van der Waals surface area contributed by atoms with Gasteiger partial charge >= 0.3 is 5.97 Å². The molecule has 2 atom stereocenters. The van der Waals surface area contributed by atoms with Crippen molar-refractivity contribution in [1.29, 1.82) is 0 Å². The third kappa shape index (κ3) is 5.54. The first kappa shape index (κ1) is 25.1. The van der Waals surface area contributed by atoms with Gasteiger partial charge in [-0.05, 0) is 42.7 Å². The summed E-state index contributed by atoms with van der Waals surface area (Å²) < 4.78 is 11.2. The third-order valence-electron chi connectivity index (χ3n) is 6.79. The van der Waals surface area contributed by atoms with Crippen molar-refractivity contribution in [1.82, 2.24) is 4.98 Å². The summed E-state index contributed by atoms with van der Waals surface area (Å²) in [4.78, 5) is 20.5. The van der Waals surface area contributed by atoms with E-state index in [0.29, 0.717) is 16.7 Å². The van der Waals surface area contributed by atoms with Crippen molar-refractivity contribution in [2.75, 3.05) is 30.9 Å². The number of hydrogen-bond donors (Lipinski definition) is 2. The molecule has 3 aromatic rings. The van der Waals surface area contributed by atoms with Crippen LogP contribution in [0.4, 0.5) is 5.69 Å². The summed E-state index contributed by atoms with van der Waals surface area (Å²) in [6.07, 6.45) is 3.71. The molecule has 2 aliphatic rings. The zero-order chi connectivity index (χ0) is 25.1. The topological polar surface area (TPSA) is 92.1 Å². The first-order valence-electron chi connectivity index (χ1n) is 12.2. The van der Waals surface area contributed by atoms with Crippen LogP contribution in [0.25, 0.3) is 10.4 Å². The van der Waals surface area contributed by atoms with Crippen LogP contribution in [0.2, 0.25) is 0 Å². The minimum absolute atomic E-state index is 0.0336. The number of rotatable bonds is 6. The maximum absolute atomic E-state index is 12.6. The second-order valence-corrected chi connectivity index (χ2v) is 11.5. The number of β-amino-alcohol motifs (C(OH)–C–C–N with tert-alkyl or cyclic N) is 2. The van der Waals surface area contributed by atoms with Gasteiger partial charge in [-0.2, -0.15) is 0 Å². The van der Waals surface area contributed by atoms with Crippen molar-refractivity contribution in [2.24, 2.45) is 5.92 Å².